The SMILES string of the molecule is CCCCC1CC(N)CN(CC2CCCCC2)C1. The first-order chi connectivity index (χ1) is 8.78. The average molecular weight is 252 g/mol. The Morgan fingerprint density at radius 1 is 1.06 bits per heavy atom. The van der Waals surface area contributed by atoms with Crippen LogP contribution in [0.5, 0.6) is 0 Å². The van der Waals surface area contributed by atoms with Gasteiger partial charge in [0.15, 0.2) is 0 Å². The highest BCUT2D eigenvalue weighted by atomic mass is 15.1. The fourth-order valence-electron chi connectivity index (χ4n) is 3.93. The van der Waals surface area contributed by atoms with Crippen LogP contribution >= 0.6 is 0 Å². The second-order valence-corrected chi connectivity index (χ2v) is 6.73. The molecule has 2 aliphatic rings. The van der Waals surface area contributed by atoms with E-state index in [1.807, 2.05) is 0 Å². The van der Waals surface area contributed by atoms with Gasteiger partial charge in [0.1, 0.15) is 0 Å². The summed E-state index contributed by atoms with van der Waals surface area (Å²) in [6.45, 7) is 6.10. The Balaban J connectivity index is 1.76. The molecule has 2 nitrogen and oxygen atoms in total. The molecule has 0 radical (unpaired) electrons. The average Bonchev–Trinajstić information content (AvgIpc) is 2.37. The van der Waals surface area contributed by atoms with Gasteiger partial charge in [0.05, 0.1) is 0 Å². The van der Waals surface area contributed by atoms with E-state index in [0.717, 1.165) is 18.4 Å². The van der Waals surface area contributed by atoms with Gasteiger partial charge in [-0.2, -0.15) is 0 Å². The van der Waals surface area contributed by atoms with E-state index in [4.69, 9.17) is 5.73 Å². The number of piperidine rings is 1. The molecule has 1 aliphatic carbocycles. The number of rotatable bonds is 5. The first-order valence-electron chi connectivity index (χ1n) is 8.26. The molecule has 1 heterocycles. The van der Waals surface area contributed by atoms with Gasteiger partial charge in [0, 0.05) is 25.7 Å². The third-order valence-corrected chi connectivity index (χ3v) is 4.85. The van der Waals surface area contributed by atoms with Crippen LogP contribution in [0.1, 0.15) is 64.7 Å². The summed E-state index contributed by atoms with van der Waals surface area (Å²) in [5.74, 6) is 1.84. The van der Waals surface area contributed by atoms with E-state index in [1.54, 1.807) is 0 Å². The summed E-state index contributed by atoms with van der Waals surface area (Å²) in [6, 6.07) is 0.434. The normalized spacial score (nSPS) is 31.7. The van der Waals surface area contributed by atoms with Gasteiger partial charge in [-0.15, -0.1) is 0 Å². The fraction of sp³-hybridized carbons (Fsp3) is 1.00. The molecule has 0 spiro atoms. The van der Waals surface area contributed by atoms with Crippen molar-refractivity contribution in [3.8, 4) is 0 Å². The lowest BCUT2D eigenvalue weighted by molar-refractivity contribution is 0.119. The van der Waals surface area contributed by atoms with Crippen molar-refractivity contribution in [3.63, 3.8) is 0 Å². The van der Waals surface area contributed by atoms with E-state index in [1.165, 1.54) is 70.9 Å². The van der Waals surface area contributed by atoms with Gasteiger partial charge in [0.2, 0.25) is 0 Å². The van der Waals surface area contributed by atoms with Crippen molar-refractivity contribution in [1.29, 1.82) is 0 Å². The molecule has 106 valence electrons. The topological polar surface area (TPSA) is 29.3 Å². The predicted molar refractivity (Wildman–Crippen MR) is 78.6 cm³/mol. The maximum atomic E-state index is 6.25. The third-order valence-electron chi connectivity index (χ3n) is 4.85. The highest BCUT2D eigenvalue weighted by Crippen LogP contribution is 2.27. The monoisotopic (exact) mass is 252 g/mol. The molecule has 18 heavy (non-hydrogen) atoms. The van der Waals surface area contributed by atoms with E-state index in [0.29, 0.717) is 6.04 Å². The number of likely N-dealkylation sites (tertiary alicyclic amines) is 1. The molecule has 2 N–H and O–H groups in total. The zero-order valence-electron chi connectivity index (χ0n) is 12.2. The van der Waals surface area contributed by atoms with E-state index in [-0.39, 0.29) is 0 Å². The van der Waals surface area contributed by atoms with Crippen molar-refractivity contribution < 1.29 is 0 Å². The molecule has 1 saturated carbocycles. The van der Waals surface area contributed by atoms with Crippen LogP contribution in [0.2, 0.25) is 0 Å². The van der Waals surface area contributed by atoms with Gasteiger partial charge in [-0.1, -0.05) is 39.0 Å². The Morgan fingerprint density at radius 2 is 1.83 bits per heavy atom. The highest BCUT2D eigenvalue weighted by Gasteiger charge is 2.26. The van der Waals surface area contributed by atoms with Crippen molar-refractivity contribution in [2.24, 2.45) is 17.6 Å². The Bertz CT molecular complexity index is 223. The lowest BCUT2D eigenvalue weighted by Gasteiger charge is -2.39. The van der Waals surface area contributed by atoms with Crippen LogP contribution in [0.15, 0.2) is 0 Å². The van der Waals surface area contributed by atoms with Crippen molar-refractivity contribution in [1.82, 2.24) is 4.90 Å². The second kappa shape index (κ2) is 7.49. The van der Waals surface area contributed by atoms with Crippen LogP contribution in [0.25, 0.3) is 0 Å². The number of nitrogens with zero attached hydrogens (tertiary/aromatic N) is 1. The maximum absolute atomic E-state index is 6.25. The Morgan fingerprint density at radius 3 is 2.56 bits per heavy atom. The lowest BCUT2D eigenvalue weighted by Crippen LogP contribution is -2.48. The molecule has 0 amide bonds. The lowest BCUT2D eigenvalue weighted by atomic mass is 9.86. The number of hydrogen-bond donors (Lipinski definition) is 1. The van der Waals surface area contributed by atoms with Crippen LogP contribution in [0, 0.1) is 11.8 Å². The molecular formula is C16H32N2. The summed E-state index contributed by atoms with van der Waals surface area (Å²) in [5.41, 5.74) is 6.25. The summed E-state index contributed by atoms with van der Waals surface area (Å²) in [5, 5.41) is 0. The summed E-state index contributed by atoms with van der Waals surface area (Å²) < 4.78 is 0. The zero-order valence-corrected chi connectivity index (χ0v) is 12.2. The minimum atomic E-state index is 0.434. The molecule has 1 saturated heterocycles. The van der Waals surface area contributed by atoms with Gasteiger partial charge in [-0.25, -0.2) is 0 Å². The van der Waals surface area contributed by atoms with Crippen molar-refractivity contribution in [2.45, 2.75) is 70.8 Å². The molecule has 0 aromatic heterocycles. The maximum Gasteiger partial charge on any atom is 0.0170 e. The predicted octanol–water partition coefficient (Wildman–Crippen LogP) is 3.41. The van der Waals surface area contributed by atoms with E-state index < -0.39 is 0 Å². The van der Waals surface area contributed by atoms with Crippen LogP contribution in [-0.2, 0) is 0 Å². The van der Waals surface area contributed by atoms with E-state index in [2.05, 4.69) is 11.8 Å². The summed E-state index contributed by atoms with van der Waals surface area (Å²) in [6.07, 6.45) is 12.7. The van der Waals surface area contributed by atoms with Gasteiger partial charge >= 0.3 is 0 Å². The van der Waals surface area contributed by atoms with Crippen LogP contribution in [0.4, 0.5) is 0 Å². The van der Waals surface area contributed by atoms with Crippen molar-refractivity contribution in [3.05, 3.63) is 0 Å². The molecule has 0 aromatic carbocycles. The molecule has 0 bridgehead atoms. The molecule has 2 fully saturated rings. The smallest absolute Gasteiger partial charge is 0.0170 e. The summed E-state index contributed by atoms with van der Waals surface area (Å²) in [7, 11) is 0. The van der Waals surface area contributed by atoms with Gasteiger partial charge in [-0.3, -0.25) is 0 Å². The molecular weight excluding hydrogens is 220 g/mol. The van der Waals surface area contributed by atoms with Crippen molar-refractivity contribution in [2.75, 3.05) is 19.6 Å². The molecule has 2 atom stereocenters. The first kappa shape index (κ1) is 14.3. The third kappa shape index (κ3) is 4.55. The standard InChI is InChI=1S/C16H32N2/c1-2-3-7-15-10-16(17)13-18(12-15)11-14-8-5-4-6-9-14/h14-16H,2-13,17H2,1H3. The van der Waals surface area contributed by atoms with Gasteiger partial charge < -0.3 is 10.6 Å². The van der Waals surface area contributed by atoms with Gasteiger partial charge in [0.25, 0.3) is 0 Å². The summed E-state index contributed by atoms with van der Waals surface area (Å²) >= 11 is 0. The minimum absolute atomic E-state index is 0.434. The number of nitrogens with two attached hydrogens (primary N) is 1. The molecule has 1 aliphatic heterocycles. The highest BCUT2D eigenvalue weighted by molar-refractivity contribution is 4.83. The number of hydrogen-bond acceptors (Lipinski definition) is 2. The fourth-order valence-corrected chi connectivity index (χ4v) is 3.93. The van der Waals surface area contributed by atoms with Crippen molar-refractivity contribution >= 4 is 0 Å². The Kier molecular flexibility index (Phi) is 5.97. The van der Waals surface area contributed by atoms with Gasteiger partial charge in [-0.05, 0) is 37.5 Å². The molecule has 2 heteroatoms. The zero-order chi connectivity index (χ0) is 12.8. The molecule has 0 aromatic rings. The second-order valence-electron chi connectivity index (χ2n) is 6.73. The van der Waals surface area contributed by atoms with E-state index in [9.17, 15) is 0 Å². The first-order valence-corrected chi connectivity index (χ1v) is 8.26. The van der Waals surface area contributed by atoms with Crippen LogP contribution in [-0.4, -0.2) is 30.6 Å². The Labute approximate surface area is 113 Å². The minimum Gasteiger partial charge on any atom is -0.327 e. The van der Waals surface area contributed by atoms with E-state index >= 15 is 0 Å². The molecule has 2 unspecified atom stereocenters. The van der Waals surface area contributed by atoms with Crippen LogP contribution in [0.3, 0.4) is 0 Å². The quantitative estimate of drug-likeness (QED) is 0.812. The number of unbranched alkanes of at least 4 members (excludes halogenated alkanes) is 1. The van der Waals surface area contributed by atoms with Crippen LogP contribution < -0.4 is 5.73 Å². The summed E-state index contributed by atoms with van der Waals surface area (Å²) in [4.78, 5) is 2.68. The Hall–Kier alpha value is -0.0800. The molecule has 2 rings (SSSR count). The largest absolute Gasteiger partial charge is 0.327 e.